The van der Waals surface area contributed by atoms with Crippen LogP contribution >= 0.6 is 11.8 Å². The fourth-order valence-electron chi connectivity index (χ4n) is 3.99. The Kier molecular flexibility index (Phi) is 11.0. The molecule has 0 aliphatic carbocycles. The van der Waals surface area contributed by atoms with Gasteiger partial charge < -0.3 is 15.0 Å². The Morgan fingerprint density at radius 3 is 2.23 bits per heavy atom. The number of benzene rings is 3. The van der Waals surface area contributed by atoms with Crippen LogP contribution in [0.1, 0.15) is 26.3 Å². The van der Waals surface area contributed by atoms with Gasteiger partial charge in [0.15, 0.2) is 0 Å². The number of thioether (sulfide) groups is 1. The highest BCUT2D eigenvalue weighted by Gasteiger charge is 2.32. The van der Waals surface area contributed by atoms with Crippen LogP contribution in [0, 0.1) is 5.82 Å². The predicted molar refractivity (Wildman–Crippen MR) is 155 cm³/mol. The van der Waals surface area contributed by atoms with E-state index in [9.17, 15) is 22.4 Å². The van der Waals surface area contributed by atoms with E-state index in [2.05, 4.69) is 5.32 Å². The highest BCUT2D eigenvalue weighted by atomic mass is 32.2. The number of nitrogens with one attached hydrogen (secondary N) is 1. The minimum Gasteiger partial charge on any atom is -0.494 e. The van der Waals surface area contributed by atoms with Crippen molar-refractivity contribution >= 4 is 39.3 Å². The maximum atomic E-state index is 14.6. The van der Waals surface area contributed by atoms with Gasteiger partial charge >= 0.3 is 0 Å². The molecule has 0 aromatic heterocycles. The van der Waals surface area contributed by atoms with Crippen molar-refractivity contribution in [1.82, 2.24) is 10.2 Å². The van der Waals surface area contributed by atoms with E-state index < -0.39 is 40.2 Å². The standard InChI is InChI=1S/C29H34FN3O5S2/c1-5-31-29(35)21(3)32(19-22-9-7-8-10-27(22)30)28(34)20-33(23-11-13-24(14-12-23)38-6-2)40(36,37)26-17-15-25(39-4)16-18-26/h7-18,21H,5-6,19-20H2,1-4H3,(H,31,35). The molecule has 3 aromatic rings. The first-order valence-corrected chi connectivity index (χ1v) is 15.5. The molecule has 1 N–H and O–H groups in total. The zero-order valence-electron chi connectivity index (χ0n) is 23.0. The first kappa shape index (κ1) is 31.0. The molecule has 0 fully saturated rings. The lowest BCUT2D eigenvalue weighted by atomic mass is 10.1. The highest BCUT2D eigenvalue weighted by molar-refractivity contribution is 7.98. The van der Waals surface area contributed by atoms with Crippen LogP contribution in [0.2, 0.25) is 0 Å². The van der Waals surface area contributed by atoms with Crippen molar-refractivity contribution in [2.24, 2.45) is 0 Å². The molecule has 11 heteroatoms. The van der Waals surface area contributed by atoms with E-state index >= 15 is 0 Å². The molecule has 0 aliphatic heterocycles. The fraction of sp³-hybridized carbons (Fsp3) is 0.310. The molecule has 0 bridgehead atoms. The van der Waals surface area contributed by atoms with Crippen LogP contribution in [0.5, 0.6) is 5.75 Å². The van der Waals surface area contributed by atoms with Crippen molar-refractivity contribution in [3.63, 3.8) is 0 Å². The van der Waals surface area contributed by atoms with E-state index in [1.54, 1.807) is 49.4 Å². The molecule has 0 spiro atoms. The molecule has 1 unspecified atom stereocenters. The summed E-state index contributed by atoms with van der Waals surface area (Å²) in [6.45, 7) is 5.05. The number of halogens is 1. The third-order valence-corrected chi connectivity index (χ3v) is 8.71. The quantitative estimate of drug-likeness (QED) is 0.292. The summed E-state index contributed by atoms with van der Waals surface area (Å²) in [6.07, 6.45) is 1.88. The second-order valence-corrected chi connectivity index (χ2v) is 11.5. The van der Waals surface area contributed by atoms with Gasteiger partial charge in [0.1, 0.15) is 24.2 Å². The highest BCUT2D eigenvalue weighted by Crippen LogP contribution is 2.28. The van der Waals surface area contributed by atoms with Crippen LogP contribution in [0.15, 0.2) is 82.6 Å². The SMILES string of the molecule is CCNC(=O)C(C)N(Cc1ccccc1F)C(=O)CN(c1ccc(OCC)cc1)S(=O)(=O)c1ccc(SC)cc1. The molecule has 0 aliphatic rings. The second kappa shape index (κ2) is 14.2. The zero-order chi connectivity index (χ0) is 29.3. The van der Waals surface area contributed by atoms with Crippen molar-refractivity contribution in [3.8, 4) is 5.75 Å². The number of nitrogens with zero attached hydrogens (tertiary/aromatic N) is 2. The number of carbonyl (C=O) groups excluding carboxylic acids is 2. The van der Waals surface area contributed by atoms with Gasteiger partial charge in [-0.1, -0.05) is 18.2 Å². The van der Waals surface area contributed by atoms with Crippen LogP contribution in [0.4, 0.5) is 10.1 Å². The van der Waals surface area contributed by atoms with Crippen molar-refractivity contribution < 1.29 is 27.1 Å². The minimum absolute atomic E-state index is 0.00409. The summed E-state index contributed by atoms with van der Waals surface area (Å²) in [4.78, 5) is 28.7. The van der Waals surface area contributed by atoms with Gasteiger partial charge in [-0.2, -0.15) is 0 Å². The average Bonchev–Trinajstić information content (AvgIpc) is 2.95. The fourth-order valence-corrected chi connectivity index (χ4v) is 5.82. The van der Waals surface area contributed by atoms with E-state index in [-0.39, 0.29) is 22.7 Å². The van der Waals surface area contributed by atoms with Gasteiger partial charge in [0, 0.05) is 23.5 Å². The van der Waals surface area contributed by atoms with Crippen LogP contribution in [-0.2, 0) is 26.2 Å². The third-order valence-electron chi connectivity index (χ3n) is 6.18. The molecule has 0 saturated heterocycles. The molecule has 3 rings (SSSR count). The van der Waals surface area contributed by atoms with Crippen LogP contribution in [-0.4, -0.2) is 57.1 Å². The maximum absolute atomic E-state index is 14.6. The summed E-state index contributed by atoms with van der Waals surface area (Å²) in [7, 11) is -4.21. The number of amides is 2. The molecule has 0 heterocycles. The molecule has 3 aromatic carbocycles. The van der Waals surface area contributed by atoms with E-state index in [1.807, 2.05) is 13.2 Å². The summed E-state index contributed by atoms with van der Waals surface area (Å²) in [5.41, 5.74) is 0.442. The molecule has 1 atom stereocenters. The van der Waals surface area contributed by atoms with Gasteiger partial charge in [-0.05, 0) is 81.6 Å². The van der Waals surface area contributed by atoms with Crippen LogP contribution < -0.4 is 14.4 Å². The normalized spacial score (nSPS) is 11.9. The Balaban J connectivity index is 2.04. The predicted octanol–water partition coefficient (Wildman–Crippen LogP) is 4.70. The lowest BCUT2D eigenvalue weighted by Gasteiger charge is -2.32. The smallest absolute Gasteiger partial charge is 0.264 e. The Morgan fingerprint density at radius 1 is 1.00 bits per heavy atom. The van der Waals surface area contributed by atoms with Crippen molar-refractivity contribution in [3.05, 3.63) is 84.2 Å². The second-order valence-electron chi connectivity index (χ2n) is 8.80. The lowest BCUT2D eigenvalue weighted by molar-refractivity contribution is -0.139. The Morgan fingerprint density at radius 2 is 1.65 bits per heavy atom. The van der Waals surface area contributed by atoms with E-state index in [0.717, 1.165) is 9.20 Å². The third kappa shape index (κ3) is 7.54. The Labute approximate surface area is 239 Å². The van der Waals surface area contributed by atoms with Gasteiger partial charge in [-0.3, -0.25) is 13.9 Å². The van der Waals surface area contributed by atoms with Gasteiger partial charge in [0.05, 0.1) is 17.2 Å². The van der Waals surface area contributed by atoms with Gasteiger partial charge in [-0.15, -0.1) is 11.8 Å². The first-order chi connectivity index (χ1) is 19.1. The molecule has 2 amide bonds. The molecule has 214 valence electrons. The number of sulfonamides is 1. The number of rotatable bonds is 13. The number of hydrogen-bond donors (Lipinski definition) is 1. The van der Waals surface area contributed by atoms with Crippen molar-refractivity contribution in [1.29, 1.82) is 0 Å². The van der Waals surface area contributed by atoms with Crippen LogP contribution in [0.25, 0.3) is 0 Å². The van der Waals surface area contributed by atoms with E-state index in [1.165, 1.54) is 53.9 Å². The van der Waals surface area contributed by atoms with Crippen molar-refractivity contribution in [2.45, 2.75) is 43.1 Å². The Hall–Kier alpha value is -3.57. The van der Waals surface area contributed by atoms with E-state index in [0.29, 0.717) is 18.9 Å². The van der Waals surface area contributed by atoms with Gasteiger partial charge in [0.25, 0.3) is 10.0 Å². The number of hydrogen-bond acceptors (Lipinski definition) is 6. The molecule has 40 heavy (non-hydrogen) atoms. The summed E-state index contributed by atoms with van der Waals surface area (Å²) in [6, 6.07) is 17.7. The topological polar surface area (TPSA) is 96.0 Å². The maximum Gasteiger partial charge on any atom is 0.264 e. The minimum atomic E-state index is -4.21. The molecule has 0 saturated carbocycles. The summed E-state index contributed by atoms with van der Waals surface area (Å²) in [5.74, 6) is -1.09. The lowest BCUT2D eigenvalue weighted by Crippen LogP contribution is -2.51. The summed E-state index contributed by atoms with van der Waals surface area (Å²) >= 11 is 1.47. The van der Waals surface area contributed by atoms with Crippen LogP contribution in [0.3, 0.4) is 0 Å². The summed E-state index contributed by atoms with van der Waals surface area (Å²) in [5, 5.41) is 2.68. The number of carbonyl (C=O) groups is 2. The summed E-state index contributed by atoms with van der Waals surface area (Å²) < 4.78 is 48.9. The number of ether oxygens (including phenoxy) is 1. The molecular formula is C29H34FN3O5S2. The largest absolute Gasteiger partial charge is 0.494 e. The number of likely N-dealkylation sites (N-methyl/N-ethyl adjacent to an activating group) is 1. The van der Waals surface area contributed by atoms with Gasteiger partial charge in [0.2, 0.25) is 11.8 Å². The molecule has 8 nitrogen and oxygen atoms in total. The number of anilines is 1. The zero-order valence-corrected chi connectivity index (χ0v) is 24.6. The van der Waals surface area contributed by atoms with E-state index in [4.69, 9.17) is 4.74 Å². The average molecular weight is 588 g/mol. The first-order valence-electron chi connectivity index (χ1n) is 12.8. The Bertz CT molecular complexity index is 1400. The monoisotopic (exact) mass is 587 g/mol. The molecular weight excluding hydrogens is 553 g/mol. The van der Waals surface area contributed by atoms with Gasteiger partial charge in [-0.25, -0.2) is 12.8 Å². The van der Waals surface area contributed by atoms with Crippen molar-refractivity contribution in [2.75, 3.05) is 30.3 Å². The molecule has 0 radical (unpaired) electrons.